The number of aromatic nitrogens is 1. The Labute approximate surface area is 185 Å². The molecule has 3 aromatic carbocycles. The highest BCUT2D eigenvalue weighted by atomic mass is 32.2. The van der Waals surface area contributed by atoms with Gasteiger partial charge in [0.25, 0.3) is 0 Å². The van der Waals surface area contributed by atoms with Gasteiger partial charge in [-0.2, -0.15) is 0 Å². The molecule has 1 aromatic heterocycles. The van der Waals surface area contributed by atoms with Crippen LogP contribution < -0.4 is 4.90 Å². The summed E-state index contributed by atoms with van der Waals surface area (Å²) in [4.78, 5) is 21.1. The van der Waals surface area contributed by atoms with Crippen molar-refractivity contribution >= 4 is 44.4 Å². The van der Waals surface area contributed by atoms with Gasteiger partial charge in [-0.15, -0.1) is 11.8 Å². The third-order valence-corrected chi connectivity index (χ3v) is 7.13. The Hall–Kier alpha value is -2.63. The highest BCUT2D eigenvalue weighted by Crippen LogP contribution is 2.33. The average Bonchev–Trinajstić information content (AvgIpc) is 3.16. The van der Waals surface area contributed by atoms with Crippen molar-refractivity contribution in [2.24, 2.45) is 0 Å². The summed E-state index contributed by atoms with van der Waals surface area (Å²) in [5.41, 5.74) is 5.67. The highest BCUT2D eigenvalue weighted by Gasteiger charge is 2.21. The fraction of sp³-hybridized carbons (Fsp3) is 0.200. The number of hydrogen-bond donors (Lipinski definition) is 0. The van der Waals surface area contributed by atoms with Gasteiger partial charge in [-0.25, -0.2) is 4.98 Å². The van der Waals surface area contributed by atoms with Crippen molar-refractivity contribution in [2.75, 3.05) is 10.7 Å². The van der Waals surface area contributed by atoms with Crippen LogP contribution in [0.4, 0.5) is 5.13 Å². The van der Waals surface area contributed by atoms with Crippen LogP contribution in [-0.2, 0) is 11.3 Å². The van der Waals surface area contributed by atoms with E-state index in [9.17, 15) is 4.79 Å². The summed E-state index contributed by atoms with van der Waals surface area (Å²) in [6.45, 7) is 6.77. The number of aryl methyl sites for hydroxylation is 3. The van der Waals surface area contributed by atoms with Gasteiger partial charge in [0, 0.05) is 4.90 Å². The zero-order valence-electron chi connectivity index (χ0n) is 17.4. The first kappa shape index (κ1) is 20.6. The lowest BCUT2D eigenvalue weighted by atomic mass is 10.1. The maximum atomic E-state index is 13.3. The van der Waals surface area contributed by atoms with E-state index in [-0.39, 0.29) is 5.91 Å². The van der Waals surface area contributed by atoms with Gasteiger partial charge in [-0.05, 0) is 55.7 Å². The Balaban J connectivity index is 1.63. The van der Waals surface area contributed by atoms with Crippen molar-refractivity contribution in [2.45, 2.75) is 32.2 Å². The third kappa shape index (κ3) is 4.74. The molecule has 1 heterocycles. The second-order valence-corrected chi connectivity index (χ2v) is 9.52. The van der Waals surface area contributed by atoms with Crippen LogP contribution in [0.5, 0.6) is 0 Å². The van der Waals surface area contributed by atoms with Crippen LogP contribution in [0, 0.1) is 20.8 Å². The minimum absolute atomic E-state index is 0.0675. The number of rotatable bonds is 6. The first-order chi connectivity index (χ1) is 14.5. The van der Waals surface area contributed by atoms with Gasteiger partial charge in [0.15, 0.2) is 5.13 Å². The molecule has 3 nitrogen and oxygen atoms in total. The Morgan fingerprint density at radius 2 is 1.70 bits per heavy atom. The van der Waals surface area contributed by atoms with E-state index in [0.717, 1.165) is 25.8 Å². The van der Waals surface area contributed by atoms with Crippen molar-refractivity contribution in [1.29, 1.82) is 0 Å². The van der Waals surface area contributed by atoms with E-state index in [0.29, 0.717) is 12.3 Å². The van der Waals surface area contributed by atoms with E-state index < -0.39 is 0 Å². The Morgan fingerprint density at radius 3 is 2.43 bits per heavy atom. The van der Waals surface area contributed by atoms with Crippen molar-refractivity contribution in [1.82, 2.24) is 4.98 Å². The maximum Gasteiger partial charge on any atom is 0.239 e. The van der Waals surface area contributed by atoms with Crippen LogP contribution in [0.15, 0.2) is 71.6 Å². The predicted octanol–water partition coefficient (Wildman–Crippen LogP) is 6.55. The lowest BCUT2D eigenvalue weighted by molar-refractivity contribution is -0.116. The fourth-order valence-electron chi connectivity index (χ4n) is 3.37. The van der Waals surface area contributed by atoms with Crippen LogP contribution in [-0.4, -0.2) is 16.6 Å². The number of anilines is 1. The molecule has 0 unspecified atom stereocenters. The summed E-state index contributed by atoms with van der Waals surface area (Å²) in [6.07, 6.45) is 0. The maximum absolute atomic E-state index is 13.3. The molecule has 0 aliphatic rings. The number of hydrogen-bond acceptors (Lipinski definition) is 4. The smallest absolute Gasteiger partial charge is 0.239 e. The molecule has 0 fully saturated rings. The van der Waals surface area contributed by atoms with E-state index in [4.69, 9.17) is 4.98 Å². The summed E-state index contributed by atoms with van der Waals surface area (Å²) in [5.74, 6) is 0.446. The van der Waals surface area contributed by atoms with E-state index in [1.54, 1.807) is 23.1 Å². The average molecular weight is 433 g/mol. The van der Waals surface area contributed by atoms with Gasteiger partial charge in [0.05, 0.1) is 22.5 Å². The van der Waals surface area contributed by atoms with Crippen LogP contribution in [0.1, 0.15) is 22.3 Å². The van der Waals surface area contributed by atoms with Crippen molar-refractivity contribution in [3.8, 4) is 0 Å². The highest BCUT2D eigenvalue weighted by molar-refractivity contribution is 8.00. The molecule has 5 heteroatoms. The second-order valence-electron chi connectivity index (χ2n) is 7.49. The van der Waals surface area contributed by atoms with Gasteiger partial charge < -0.3 is 0 Å². The molecule has 0 aliphatic carbocycles. The molecule has 1 amide bonds. The Bertz CT molecular complexity index is 1170. The van der Waals surface area contributed by atoms with Gasteiger partial charge in [0.1, 0.15) is 0 Å². The van der Waals surface area contributed by atoms with Gasteiger partial charge in [0.2, 0.25) is 5.91 Å². The number of thiazole rings is 1. The molecule has 0 spiro atoms. The zero-order valence-corrected chi connectivity index (χ0v) is 19.0. The molecular formula is C25H24N2OS2. The van der Waals surface area contributed by atoms with Crippen molar-refractivity contribution in [3.05, 3.63) is 89.0 Å². The molecule has 0 saturated heterocycles. The topological polar surface area (TPSA) is 33.2 Å². The summed E-state index contributed by atoms with van der Waals surface area (Å²) in [6, 6.07) is 22.7. The lowest BCUT2D eigenvalue weighted by Crippen LogP contribution is -2.31. The molecule has 0 radical (unpaired) electrons. The summed E-state index contributed by atoms with van der Waals surface area (Å²) in [5, 5.41) is 0.761. The van der Waals surface area contributed by atoms with Crippen LogP contribution in [0.25, 0.3) is 10.2 Å². The Kier molecular flexibility index (Phi) is 6.21. The largest absolute Gasteiger partial charge is 0.283 e. The van der Waals surface area contributed by atoms with E-state index in [1.807, 2.05) is 23.1 Å². The molecule has 0 atom stereocenters. The van der Waals surface area contributed by atoms with Crippen LogP contribution in [0.3, 0.4) is 0 Å². The monoisotopic (exact) mass is 432 g/mol. The van der Waals surface area contributed by atoms with E-state index in [1.165, 1.54) is 16.7 Å². The van der Waals surface area contributed by atoms with Crippen molar-refractivity contribution in [3.63, 3.8) is 0 Å². The predicted molar refractivity (Wildman–Crippen MR) is 129 cm³/mol. The number of carbonyl (C=O) groups excluding carboxylic acids is 1. The second kappa shape index (κ2) is 9.02. The number of fused-ring (bicyclic) bond motifs is 1. The number of thioether (sulfide) groups is 1. The van der Waals surface area contributed by atoms with Gasteiger partial charge >= 0.3 is 0 Å². The number of carbonyl (C=O) groups is 1. The molecule has 30 heavy (non-hydrogen) atoms. The molecule has 0 N–H and O–H groups in total. The standard InChI is InChI=1S/C25H24N2OS2/c1-17-9-11-21(12-10-17)29-16-23(28)27(15-20-7-5-4-6-8-20)25-26-22-14-18(2)13-19(3)24(22)30-25/h4-14H,15-16H2,1-3H3. The molecule has 0 bridgehead atoms. The SMILES string of the molecule is Cc1ccc(SCC(=O)N(Cc2ccccc2)c2nc3cc(C)cc(C)c3s2)cc1. The zero-order chi connectivity index (χ0) is 21.1. The summed E-state index contributed by atoms with van der Waals surface area (Å²) >= 11 is 3.17. The fourth-order valence-corrected chi connectivity index (χ4v) is 5.17. The minimum Gasteiger partial charge on any atom is -0.283 e. The van der Waals surface area contributed by atoms with Crippen LogP contribution >= 0.6 is 23.1 Å². The number of nitrogens with zero attached hydrogens (tertiary/aromatic N) is 2. The third-order valence-electron chi connectivity index (χ3n) is 4.91. The number of amides is 1. The van der Waals surface area contributed by atoms with E-state index in [2.05, 4.69) is 69.3 Å². The molecule has 4 rings (SSSR count). The Morgan fingerprint density at radius 1 is 0.967 bits per heavy atom. The molecule has 152 valence electrons. The van der Waals surface area contributed by atoms with Crippen molar-refractivity contribution < 1.29 is 4.79 Å². The summed E-state index contributed by atoms with van der Waals surface area (Å²) in [7, 11) is 0. The van der Waals surface area contributed by atoms with E-state index >= 15 is 0 Å². The molecular weight excluding hydrogens is 408 g/mol. The van der Waals surface area contributed by atoms with Crippen LogP contribution in [0.2, 0.25) is 0 Å². The normalized spacial score (nSPS) is 11.0. The van der Waals surface area contributed by atoms with Gasteiger partial charge in [-0.1, -0.05) is 65.4 Å². The quantitative estimate of drug-likeness (QED) is 0.324. The molecule has 4 aromatic rings. The first-order valence-corrected chi connectivity index (χ1v) is 11.7. The lowest BCUT2D eigenvalue weighted by Gasteiger charge is -2.20. The van der Waals surface area contributed by atoms with Gasteiger partial charge in [-0.3, -0.25) is 9.69 Å². The number of benzene rings is 3. The first-order valence-electron chi connectivity index (χ1n) is 9.91. The summed E-state index contributed by atoms with van der Waals surface area (Å²) < 4.78 is 1.15. The molecule has 0 aliphatic heterocycles. The minimum atomic E-state index is 0.0675. The molecule has 0 saturated carbocycles.